The molecule has 2 N–H and O–H groups in total. The van der Waals surface area contributed by atoms with Crippen molar-refractivity contribution in [3.63, 3.8) is 0 Å². The number of pyridine rings is 1. The molecule has 0 bridgehead atoms. The van der Waals surface area contributed by atoms with E-state index in [1.165, 1.54) is 0 Å². The van der Waals surface area contributed by atoms with Crippen LogP contribution in [-0.4, -0.2) is 23.1 Å². The van der Waals surface area contributed by atoms with Crippen LogP contribution in [-0.2, 0) is 9.59 Å². The number of unbranched alkanes of at least 4 members (excludes halogenated alkanes) is 3. The van der Waals surface area contributed by atoms with Gasteiger partial charge in [0.25, 0.3) is 0 Å². The third kappa shape index (κ3) is 4.89. The van der Waals surface area contributed by atoms with Crippen molar-refractivity contribution >= 4 is 24.0 Å². The first-order valence-corrected chi connectivity index (χ1v) is 9.06. The Labute approximate surface area is 162 Å². The molecule has 1 aromatic rings. The number of rotatable bonds is 8. The van der Waals surface area contributed by atoms with Gasteiger partial charge in [0, 0.05) is 40.6 Å². The first-order valence-electron chi connectivity index (χ1n) is 9.06. The van der Waals surface area contributed by atoms with Crippen molar-refractivity contribution in [3.05, 3.63) is 52.4 Å². The molecule has 0 radical (unpaired) electrons. The van der Waals surface area contributed by atoms with Crippen LogP contribution in [0.4, 0.5) is 0 Å². The van der Waals surface area contributed by atoms with Crippen molar-refractivity contribution in [2.75, 3.05) is 6.54 Å². The van der Waals surface area contributed by atoms with Crippen LogP contribution in [0.1, 0.15) is 64.4 Å². The van der Waals surface area contributed by atoms with Crippen LogP contribution in [0, 0.1) is 0 Å². The summed E-state index contributed by atoms with van der Waals surface area (Å²) >= 11 is 0. The quantitative estimate of drug-likeness (QED) is 0.542. The zero-order valence-electron chi connectivity index (χ0n) is 15.9. The van der Waals surface area contributed by atoms with Crippen LogP contribution in [0.5, 0.6) is 0 Å². The maximum Gasteiger partial charge on any atom is 0.186 e. The van der Waals surface area contributed by atoms with Crippen molar-refractivity contribution in [1.29, 1.82) is 0 Å². The van der Waals surface area contributed by atoms with E-state index in [2.05, 4.69) is 4.98 Å². The molecule has 1 aliphatic carbocycles. The fraction of sp³-hybridized carbons (Fsp3) is 0.476. The number of ketones is 2. The van der Waals surface area contributed by atoms with Crippen LogP contribution in [0.15, 0.2) is 46.8 Å². The molecule has 1 heterocycles. The first-order chi connectivity index (χ1) is 12.0. The number of halogens is 1. The van der Waals surface area contributed by atoms with Gasteiger partial charge in [-0.1, -0.05) is 25.3 Å². The highest BCUT2D eigenvalue weighted by Gasteiger charge is 2.33. The molecule has 0 spiro atoms. The molecule has 0 saturated carbocycles. The standard InChI is InChI=1S/C21H28N2O2.ClH/c1-14-15(2)21(25)19(16(3)20(14)24)18(10-6-4-5-7-11-22)17-9-8-12-23-13-17;/h8-9,12-13,18H,4-7,10-11,22H2,1-3H3;1H. The Balaban J connectivity index is 0.00000338. The van der Waals surface area contributed by atoms with E-state index in [4.69, 9.17) is 5.73 Å². The summed E-state index contributed by atoms with van der Waals surface area (Å²) in [7, 11) is 0. The average molecular weight is 377 g/mol. The summed E-state index contributed by atoms with van der Waals surface area (Å²) in [6.07, 6.45) is 8.58. The van der Waals surface area contributed by atoms with Crippen LogP contribution in [0.3, 0.4) is 0 Å². The molecule has 0 amide bonds. The zero-order valence-corrected chi connectivity index (χ0v) is 16.7. The summed E-state index contributed by atoms with van der Waals surface area (Å²) in [5.41, 5.74) is 8.94. The van der Waals surface area contributed by atoms with Gasteiger partial charge in [0.15, 0.2) is 11.6 Å². The van der Waals surface area contributed by atoms with Crippen molar-refractivity contribution in [3.8, 4) is 0 Å². The molecule has 0 aromatic carbocycles. The molecule has 1 aliphatic rings. The molecule has 1 atom stereocenters. The second-order valence-electron chi connectivity index (χ2n) is 6.78. The third-order valence-electron chi connectivity index (χ3n) is 5.12. The Morgan fingerprint density at radius 1 is 0.962 bits per heavy atom. The van der Waals surface area contributed by atoms with Gasteiger partial charge in [-0.2, -0.15) is 0 Å². The molecule has 2 rings (SSSR count). The summed E-state index contributed by atoms with van der Waals surface area (Å²) in [5, 5.41) is 0. The Morgan fingerprint density at radius 3 is 2.23 bits per heavy atom. The lowest BCUT2D eigenvalue weighted by atomic mass is 9.76. The van der Waals surface area contributed by atoms with Gasteiger partial charge >= 0.3 is 0 Å². The van der Waals surface area contributed by atoms with Gasteiger partial charge in [-0.3, -0.25) is 14.6 Å². The van der Waals surface area contributed by atoms with Gasteiger partial charge in [-0.15, -0.1) is 12.4 Å². The van der Waals surface area contributed by atoms with Crippen molar-refractivity contribution in [2.45, 2.75) is 58.8 Å². The second-order valence-corrected chi connectivity index (χ2v) is 6.78. The zero-order chi connectivity index (χ0) is 18.4. The molecule has 142 valence electrons. The van der Waals surface area contributed by atoms with Gasteiger partial charge in [0.1, 0.15) is 0 Å². The minimum atomic E-state index is -0.0777. The van der Waals surface area contributed by atoms with E-state index in [9.17, 15) is 9.59 Å². The predicted molar refractivity (Wildman–Crippen MR) is 107 cm³/mol. The van der Waals surface area contributed by atoms with Crippen LogP contribution >= 0.6 is 12.4 Å². The topological polar surface area (TPSA) is 73.1 Å². The van der Waals surface area contributed by atoms with Gasteiger partial charge in [-0.25, -0.2) is 0 Å². The second kappa shape index (κ2) is 10.4. The Bertz CT molecular complexity index is 708. The Morgan fingerprint density at radius 2 is 1.62 bits per heavy atom. The highest BCUT2D eigenvalue weighted by atomic mass is 35.5. The van der Waals surface area contributed by atoms with Gasteiger partial charge in [0.05, 0.1) is 0 Å². The molecule has 26 heavy (non-hydrogen) atoms. The van der Waals surface area contributed by atoms with Crippen molar-refractivity contribution in [2.24, 2.45) is 5.73 Å². The van der Waals surface area contributed by atoms with Crippen LogP contribution in [0.2, 0.25) is 0 Å². The fourth-order valence-corrected chi connectivity index (χ4v) is 3.44. The Hall–Kier alpha value is -1.78. The smallest absolute Gasteiger partial charge is 0.186 e. The number of aromatic nitrogens is 1. The largest absolute Gasteiger partial charge is 0.330 e. The van der Waals surface area contributed by atoms with E-state index < -0.39 is 0 Å². The lowest BCUT2D eigenvalue weighted by Gasteiger charge is -2.26. The number of carbonyl (C=O) groups is 2. The maximum absolute atomic E-state index is 12.9. The Kier molecular flexibility index (Phi) is 8.89. The molecule has 0 saturated heterocycles. The fourth-order valence-electron chi connectivity index (χ4n) is 3.44. The number of nitrogens with zero attached hydrogens (tertiary/aromatic N) is 1. The van der Waals surface area contributed by atoms with Crippen LogP contribution in [0.25, 0.3) is 0 Å². The highest BCUT2D eigenvalue weighted by Crippen LogP contribution is 2.37. The van der Waals surface area contributed by atoms with E-state index in [0.29, 0.717) is 28.8 Å². The summed E-state index contributed by atoms with van der Waals surface area (Å²) in [6, 6.07) is 3.88. The monoisotopic (exact) mass is 376 g/mol. The normalized spacial score (nSPS) is 16.0. The van der Waals surface area contributed by atoms with E-state index in [0.717, 1.165) is 37.7 Å². The van der Waals surface area contributed by atoms with Gasteiger partial charge < -0.3 is 5.73 Å². The van der Waals surface area contributed by atoms with Gasteiger partial charge in [0.2, 0.25) is 0 Å². The third-order valence-corrected chi connectivity index (χ3v) is 5.12. The number of hydrogen-bond acceptors (Lipinski definition) is 4. The lowest BCUT2D eigenvalue weighted by Crippen LogP contribution is -2.24. The SMILES string of the molecule is CC1=C(C)C(=O)C(C(CCCCCCN)c2cccnc2)=C(C)C1=O.Cl. The molecule has 5 heteroatoms. The average Bonchev–Trinajstić information content (AvgIpc) is 2.64. The molecule has 1 aromatic heterocycles. The van der Waals surface area contributed by atoms with Gasteiger partial charge in [-0.05, 0) is 51.8 Å². The molecule has 1 unspecified atom stereocenters. The number of allylic oxidation sites excluding steroid dienone is 4. The minimum Gasteiger partial charge on any atom is -0.330 e. The predicted octanol–water partition coefficient (Wildman–Crippen LogP) is 4.30. The van der Waals surface area contributed by atoms with E-state index in [1.807, 2.05) is 18.3 Å². The minimum absolute atomic E-state index is 0. The lowest BCUT2D eigenvalue weighted by molar-refractivity contribution is -0.116. The molecular weight excluding hydrogens is 348 g/mol. The molecule has 0 aliphatic heterocycles. The maximum atomic E-state index is 12.9. The summed E-state index contributed by atoms with van der Waals surface area (Å²) in [5.74, 6) is -0.0828. The first kappa shape index (κ1) is 22.3. The van der Waals surface area contributed by atoms with Crippen LogP contribution < -0.4 is 5.73 Å². The summed E-state index contributed by atoms with van der Waals surface area (Å²) in [4.78, 5) is 29.7. The number of Topliss-reactive ketones (excluding diaryl/α,β-unsaturated/α-hetero) is 2. The van der Waals surface area contributed by atoms with E-state index in [-0.39, 0.29) is 29.9 Å². The van der Waals surface area contributed by atoms with Crippen molar-refractivity contribution in [1.82, 2.24) is 4.98 Å². The molecule has 4 nitrogen and oxygen atoms in total. The summed E-state index contributed by atoms with van der Waals surface area (Å²) < 4.78 is 0. The molecule has 0 fully saturated rings. The van der Waals surface area contributed by atoms with Crippen molar-refractivity contribution < 1.29 is 9.59 Å². The number of nitrogens with two attached hydrogens (primary N) is 1. The summed E-state index contributed by atoms with van der Waals surface area (Å²) in [6.45, 7) is 5.99. The van der Waals surface area contributed by atoms with E-state index >= 15 is 0 Å². The molecular formula is C21H29ClN2O2. The number of carbonyl (C=O) groups excluding carboxylic acids is 2. The number of hydrogen-bond donors (Lipinski definition) is 1. The highest BCUT2D eigenvalue weighted by molar-refractivity contribution is 6.25. The van der Waals surface area contributed by atoms with E-state index in [1.54, 1.807) is 27.0 Å².